The van der Waals surface area contributed by atoms with E-state index in [1.165, 1.54) is 5.56 Å². The third kappa shape index (κ3) is 3.82. The fraction of sp³-hybridized carbons (Fsp3) is 0.375. The van der Waals surface area contributed by atoms with Gasteiger partial charge in [0.15, 0.2) is 0 Å². The number of likely N-dealkylation sites (tertiary alicyclic amines) is 1. The van der Waals surface area contributed by atoms with Crippen LogP contribution in [-0.4, -0.2) is 32.1 Å². The van der Waals surface area contributed by atoms with Crippen molar-refractivity contribution in [3.63, 3.8) is 0 Å². The van der Waals surface area contributed by atoms with Crippen molar-refractivity contribution in [2.24, 2.45) is 0 Å². The number of hydrogen-bond donors (Lipinski definition) is 0. The van der Waals surface area contributed by atoms with Gasteiger partial charge in [-0.2, -0.15) is 5.10 Å². The molecule has 0 spiro atoms. The van der Waals surface area contributed by atoms with Crippen LogP contribution in [0.3, 0.4) is 0 Å². The van der Waals surface area contributed by atoms with Gasteiger partial charge in [-0.1, -0.05) is 30.3 Å². The second kappa shape index (κ2) is 7.82. The highest BCUT2D eigenvalue weighted by Crippen LogP contribution is 2.33. The molecule has 5 heteroatoms. The number of aromatic nitrogens is 3. The van der Waals surface area contributed by atoms with E-state index in [2.05, 4.69) is 36.3 Å². The van der Waals surface area contributed by atoms with E-state index < -0.39 is 0 Å². The Morgan fingerprint density at radius 3 is 2.52 bits per heavy atom. The summed E-state index contributed by atoms with van der Waals surface area (Å²) in [5.74, 6) is 0.114. The molecule has 1 aliphatic heterocycles. The van der Waals surface area contributed by atoms with Crippen molar-refractivity contribution < 1.29 is 4.79 Å². The summed E-state index contributed by atoms with van der Waals surface area (Å²) < 4.78 is 1.83. The van der Waals surface area contributed by atoms with Crippen LogP contribution in [0, 0.1) is 27.7 Å². The Labute approximate surface area is 172 Å². The number of nitrogens with zero attached hydrogens (tertiary/aromatic N) is 4. The molecular weight excluding hydrogens is 360 g/mol. The molecule has 1 fully saturated rings. The summed E-state index contributed by atoms with van der Waals surface area (Å²) in [5, 5.41) is 4.54. The molecule has 0 saturated carbocycles. The molecule has 1 amide bonds. The van der Waals surface area contributed by atoms with Crippen LogP contribution in [0.15, 0.2) is 42.5 Å². The second-order valence-electron chi connectivity index (χ2n) is 7.99. The standard InChI is InChI=1S/C24H28N4O/c1-16-13-21(20-9-6-5-7-10-20)14-22(25-16)23-11-8-12-27(23)24(29)15-28-19(4)17(2)18(3)26-28/h5-7,9-10,13-14,23H,8,11-12,15H2,1-4H3/t23-/m0/s1. The summed E-state index contributed by atoms with van der Waals surface area (Å²) in [4.78, 5) is 19.9. The maximum Gasteiger partial charge on any atom is 0.244 e. The number of hydrogen-bond acceptors (Lipinski definition) is 3. The smallest absolute Gasteiger partial charge is 0.244 e. The van der Waals surface area contributed by atoms with Gasteiger partial charge >= 0.3 is 0 Å². The van der Waals surface area contributed by atoms with E-state index in [9.17, 15) is 4.79 Å². The predicted molar refractivity (Wildman–Crippen MR) is 115 cm³/mol. The molecule has 1 aromatic carbocycles. The lowest BCUT2D eigenvalue weighted by molar-refractivity contribution is -0.133. The van der Waals surface area contributed by atoms with E-state index in [4.69, 9.17) is 4.98 Å². The van der Waals surface area contributed by atoms with E-state index in [0.717, 1.165) is 53.3 Å². The lowest BCUT2D eigenvalue weighted by atomic mass is 10.0. The predicted octanol–water partition coefficient (Wildman–Crippen LogP) is 4.54. The van der Waals surface area contributed by atoms with E-state index in [0.29, 0.717) is 0 Å². The average molecular weight is 389 g/mol. The summed E-state index contributed by atoms with van der Waals surface area (Å²) in [6, 6.07) is 14.6. The first-order chi connectivity index (χ1) is 13.9. The number of aryl methyl sites for hydroxylation is 2. The third-order valence-corrected chi connectivity index (χ3v) is 6.02. The minimum Gasteiger partial charge on any atom is -0.332 e. The van der Waals surface area contributed by atoms with Gasteiger partial charge in [-0.15, -0.1) is 0 Å². The monoisotopic (exact) mass is 388 g/mol. The molecule has 1 atom stereocenters. The van der Waals surface area contributed by atoms with Crippen LogP contribution in [0.1, 0.15) is 47.2 Å². The number of carbonyl (C=O) groups is 1. The van der Waals surface area contributed by atoms with Crippen molar-refractivity contribution in [2.75, 3.05) is 6.54 Å². The highest BCUT2D eigenvalue weighted by atomic mass is 16.2. The fourth-order valence-electron chi connectivity index (χ4n) is 4.19. The Morgan fingerprint density at radius 2 is 1.83 bits per heavy atom. The SMILES string of the molecule is Cc1cc(-c2ccccc2)cc([C@@H]2CCCN2C(=O)Cn2nc(C)c(C)c2C)n1. The Morgan fingerprint density at radius 1 is 1.07 bits per heavy atom. The van der Waals surface area contributed by atoms with Gasteiger partial charge in [-0.05, 0) is 69.4 Å². The topological polar surface area (TPSA) is 51.0 Å². The second-order valence-corrected chi connectivity index (χ2v) is 7.99. The molecule has 0 unspecified atom stereocenters. The van der Waals surface area contributed by atoms with Crippen LogP contribution < -0.4 is 0 Å². The molecule has 2 aromatic heterocycles. The summed E-state index contributed by atoms with van der Waals surface area (Å²) in [6.45, 7) is 9.16. The third-order valence-electron chi connectivity index (χ3n) is 6.02. The van der Waals surface area contributed by atoms with Gasteiger partial charge < -0.3 is 4.90 Å². The highest BCUT2D eigenvalue weighted by molar-refractivity contribution is 5.77. The van der Waals surface area contributed by atoms with Gasteiger partial charge in [0, 0.05) is 17.9 Å². The molecule has 0 bridgehead atoms. The van der Waals surface area contributed by atoms with Gasteiger partial charge in [0.2, 0.25) is 5.91 Å². The van der Waals surface area contributed by atoms with Crippen LogP contribution >= 0.6 is 0 Å². The van der Waals surface area contributed by atoms with E-state index in [-0.39, 0.29) is 18.5 Å². The maximum atomic E-state index is 13.1. The Bertz CT molecular complexity index is 1040. The van der Waals surface area contributed by atoms with Crippen molar-refractivity contribution in [3.8, 4) is 11.1 Å². The van der Waals surface area contributed by atoms with Crippen LogP contribution in [0.4, 0.5) is 0 Å². The summed E-state index contributed by atoms with van der Waals surface area (Å²) in [5.41, 5.74) is 7.50. The molecule has 5 nitrogen and oxygen atoms in total. The molecular formula is C24H28N4O. The maximum absolute atomic E-state index is 13.1. The first-order valence-corrected chi connectivity index (χ1v) is 10.3. The van der Waals surface area contributed by atoms with Crippen molar-refractivity contribution in [3.05, 3.63) is 70.8 Å². The van der Waals surface area contributed by atoms with Crippen molar-refractivity contribution >= 4 is 5.91 Å². The van der Waals surface area contributed by atoms with Gasteiger partial charge in [0.25, 0.3) is 0 Å². The molecule has 1 saturated heterocycles. The van der Waals surface area contributed by atoms with Crippen LogP contribution in [-0.2, 0) is 11.3 Å². The average Bonchev–Trinajstić information content (AvgIpc) is 3.30. The van der Waals surface area contributed by atoms with Crippen LogP contribution in [0.25, 0.3) is 11.1 Å². The highest BCUT2D eigenvalue weighted by Gasteiger charge is 2.31. The number of benzene rings is 1. The largest absolute Gasteiger partial charge is 0.332 e. The van der Waals surface area contributed by atoms with Gasteiger partial charge in [-0.3, -0.25) is 14.5 Å². The number of pyridine rings is 1. The molecule has 29 heavy (non-hydrogen) atoms. The number of amides is 1. The van der Waals surface area contributed by atoms with E-state index in [1.54, 1.807) is 0 Å². The molecule has 0 N–H and O–H groups in total. The van der Waals surface area contributed by atoms with E-state index >= 15 is 0 Å². The first-order valence-electron chi connectivity index (χ1n) is 10.3. The molecule has 1 aliphatic rings. The van der Waals surface area contributed by atoms with E-state index in [1.807, 2.05) is 48.6 Å². The minimum atomic E-state index is 0.0305. The summed E-state index contributed by atoms with van der Waals surface area (Å²) in [7, 11) is 0. The molecule has 3 heterocycles. The molecule has 3 aromatic rings. The number of rotatable bonds is 4. The summed E-state index contributed by atoms with van der Waals surface area (Å²) >= 11 is 0. The van der Waals surface area contributed by atoms with Crippen molar-refractivity contribution in [1.29, 1.82) is 0 Å². The summed E-state index contributed by atoms with van der Waals surface area (Å²) in [6.07, 6.45) is 1.95. The molecule has 150 valence electrons. The zero-order valence-corrected chi connectivity index (χ0v) is 17.6. The molecule has 0 radical (unpaired) electrons. The molecule has 0 aliphatic carbocycles. The normalized spacial score (nSPS) is 16.4. The van der Waals surface area contributed by atoms with Gasteiger partial charge in [0.1, 0.15) is 6.54 Å². The Balaban J connectivity index is 1.60. The molecule has 4 rings (SSSR count). The Hall–Kier alpha value is -2.95. The van der Waals surface area contributed by atoms with Crippen LogP contribution in [0.5, 0.6) is 0 Å². The fourth-order valence-corrected chi connectivity index (χ4v) is 4.19. The number of carbonyl (C=O) groups excluding carboxylic acids is 1. The minimum absolute atomic E-state index is 0.0305. The zero-order valence-electron chi connectivity index (χ0n) is 17.6. The lowest BCUT2D eigenvalue weighted by Crippen LogP contribution is -2.34. The van der Waals surface area contributed by atoms with Gasteiger partial charge in [0.05, 0.1) is 17.4 Å². The zero-order chi connectivity index (χ0) is 20.5. The van der Waals surface area contributed by atoms with Gasteiger partial charge in [-0.25, -0.2) is 0 Å². The van der Waals surface area contributed by atoms with Crippen LogP contribution in [0.2, 0.25) is 0 Å². The lowest BCUT2D eigenvalue weighted by Gasteiger charge is -2.25. The Kier molecular flexibility index (Phi) is 5.22. The van der Waals surface area contributed by atoms with Crippen molar-refractivity contribution in [1.82, 2.24) is 19.7 Å². The van der Waals surface area contributed by atoms with Crippen molar-refractivity contribution in [2.45, 2.75) is 53.1 Å². The first kappa shape index (κ1) is 19.4. The quantitative estimate of drug-likeness (QED) is 0.659.